The zero-order valence-corrected chi connectivity index (χ0v) is 26.6. The number of ether oxygens (including phenoxy) is 2. The Balaban J connectivity index is 2.51. The number of aliphatic hydroxyl groups is 3. The standard InChI is InChI=1S/C33H50O10/c1-9-24(10-2)15-25(34)14-19(4)13-18(3)11-12-26(35)21(6)28(37)16-27(36)20(5)23(8)42-30(39)17-29(38)31-22(7)32(40)43-33(31)41/h9,15,18-21,23,26-27,29,35-36,38H,1,10-14,16-17H2,2-8H3/b24-15-/i1+1,3+1,4+1,5+1,6+1,7+1,8+1,12+1,13+1,14+1,16+1,17+1,18+1,19+1,20+1,21+1,22+1,25+1,26+1,29+1,31+1. The SMILES string of the molecule is CC/C(C=[13CH2])=C\[13C](=O)[13CH2][13CH]([13CH3])[13CH2][13CH]([13CH3])C[13CH2][13CH](O)[13CH]([13CH3])C(=O)[13CH2]C(O)[13CH]([13CH3])C([13CH3])OC(=O)[13CH2][13CH](O)[13C]1=[13C]([13CH3])C(=O)OC1=O. The van der Waals surface area contributed by atoms with Crippen molar-refractivity contribution in [2.24, 2.45) is 23.7 Å². The van der Waals surface area contributed by atoms with Crippen LogP contribution in [0.25, 0.3) is 0 Å². The van der Waals surface area contributed by atoms with Crippen LogP contribution in [0, 0.1) is 23.7 Å². The first-order chi connectivity index (χ1) is 20.0. The monoisotopic (exact) mass is 627 g/mol. The van der Waals surface area contributed by atoms with E-state index < -0.39 is 60.6 Å². The normalized spacial score (nSPS) is 19.5. The Hall–Kier alpha value is -2.95. The number of carbonyl (C=O) groups excluding carboxylic acids is 5. The van der Waals surface area contributed by atoms with Gasteiger partial charge in [-0.2, -0.15) is 0 Å². The van der Waals surface area contributed by atoms with E-state index in [1.807, 2.05) is 13.8 Å². The van der Waals surface area contributed by atoms with Crippen LogP contribution in [0.2, 0.25) is 0 Å². The first kappa shape index (κ1) is 38.1. The van der Waals surface area contributed by atoms with Crippen molar-refractivity contribution in [2.75, 3.05) is 0 Å². The third-order valence-electron chi connectivity index (χ3n) is 8.30. The highest BCUT2D eigenvalue weighted by molar-refractivity contribution is 6.12. The lowest BCUT2D eigenvalue weighted by Gasteiger charge is -2.27. The molecule has 3 N–H and O–H groups in total. The predicted molar refractivity (Wildman–Crippen MR) is 160 cm³/mol. The Morgan fingerprint density at radius 2 is 1.53 bits per heavy atom. The van der Waals surface area contributed by atoms with Crippen molar-refractivity contribution >= 4 is 29.5 Å². The van der Waals surface area contributed by atoms with Gasteiger partial charge in [0.2, 0.25) is 0 Å². The minimum atomic E-state index is -1.58. The molecule has 0 fully saturated rings. The molecule has 43 heavy (non-hydrogen) atoms. The van der Waals surface area contributed by atoms with Crippen molar-refractivity contribution in [3.8, 4) is 0 Å². The fourth-order valence-electron chi connectivity index (χ4n) is 5.10. The summed E-state index contributed by atoms with van der Waals surface area (Å²) in [4.78, 5) is 60.6. The number of cyclic esters (lactones) is 2. The maximum atomic E-state index is 12.8. The fraction of sp³-hybridized carbons (Fsp3) is 0.667. The first-order valence-corrected chi connectivity index (χ1v) is 15.1. The van der Waals surface area contributed by atoms with Gasteiger partial charge in [-0.1, -0.05) is 47.3 Å². The lowest BCUT2D eigenvalue weighted by Crippen LogP contribution is -2.36. The summed E-state index contributed by atoms with van der Waals surface area (Å²) in [5.41, 5.74) is 0.552. The van der Waals surface area contributed by atoms with Crippen molar-refractivity contribution in [3.63, 3.8) is 0 Å². The number of carbonyl (C=O) groups is 5. The highest BCUT2D eigenvalue weighted by Gasteiger charge is 2.36. The van der Waals surface area contributed by atoms with Crippen LogP contribution in [0.1, 0.15) is 93.4 Å². The zero-order chi connectivity index (χ0) is 33.0. The zero-order valence-electron chi connectivity index (χ0n) is 26.6. The molecule has 0 aromatic rings. The number of esters is 3. The lowest BCUT2D eigenvalue weighted by atomic mass is 10.2. The summed E-state index contributed by atoms with van der Waals surface area (Å²) in [7, 11) is 0. The minimum absolute atomic E-state index is 0.0736. The van der Waals surface area contributed by atoms with Gasteiger partial charge in [0, 0.05) is 30.3 Å². The summed E-state index contributed by atoms with van der Waals surface area (Å²) < 4.78 is 9.71. The van der Waals surface area contributed by atoms with Gasteiger partial charge in [-0.3, -0.25) is 14.4 Å². The number of rotatable bonds is 20. The molecule has 8 unspecified atom stereocenters. The molecule has 1 aliphatic rings. The maximum absolute atomic E-state index is 12.8. The smallest absolute Gasteiger partial charge is 0.345 e. The maximum Gasteiger partial charge on any atom is 0.345 e. The molecule has 0 aliphatic carbocycles. The topological polar surface area (TPSA) is 164 Å². The summed E-state index contributed by atoms with van der Waals surface area (Å²) in [5, 5.41) is 31.5. The highest BCUT2D eigenvalue weighted by atomic mass is 16.6. The van der Waals surface area contributed by atoms with Crippen molar-refractivity contribution in [2.45, 2.75) is 118 Å². The average Bonchev–Trinajstić information content (AvgIpc) is 3.19. The van der Waals surface area contributed by atoms with E-state index in [0.717, 1.165) is 18.4 Å². The van der Waals surface area contributed by atoms with Gasteiger partial charge >= 0.3 is 17.9 Å². The predicted octanol–water partition coefficient (Wildman–Crippen LogP) is 3.95. The van der Waals surface area contributed by atoms with Crippen LogP contribution in [0.5, 0.6) is 0 Å². The molecule has 0 radical (unpaired) electrons. The molecule has 10 heteroatoms. The van der Waals surface area contributed by atoms with Gasteiger partial charge < -0.3 is 24.8 Å². The van der Waals surface area contributed by atoms with Crippen LogP contribution in [0.4, 0.5) is 0 Å². The third kappa shape index (κ3) is 12.3. The van der Waals surface area contributed by atoms with Gasteiger partial charge in [-0.05, 0) is 63.0 Å². The summed E-state index contributed by atoms with van der Waals surface area (Å²) in [6, 6.07) is 0. The minimum Gasteiger partial charge on any atom is -0.462 e. The van der Waals surface area contributed by atoms with Crippen LogP contribution < -0.4 is 0 Å². The summed E-state index contributed by atoms with van der Waals surface area (Å²) in [6.07, 6.45) is 1.16. The number of aliphatic hydroxyl groups excluding tert-OH is 3. The van der Waals surface area contributed by atoms with Crippen LogP contribution in [0.15, 0.2) is 35.5 Å². The molecule has 8 atom stereocenters. The molecule has 0 saturated carbocycles. The first-order valence-electron chi connectivity index (χ1n) is 15.1. The molecule has 0 amide bonds. The van der Waals surface area contributed by atoms with Gasteiger partial charge in [-0.25, -0.2) is 9.59 Å². The Labute approximate surface area is 255 Å². The fourth-order valence-corrected chi connectivity index (χ4v) is 5.10. The lowest BCUT2D eigenvalue weighted by molar-refractivity contribution is -0.154. The number of hydrogen-bond acceptors (Lipinski definition) is 10. The number of ketones is 2. The van der Waals surface area contributed by atoms with E-state index in [-0.39, 0.29) is 41.0 Å². The van der Waals surface area contributed by atoms with E-state index >= 15 is 0 Å². The summed E-state index contributed by atoms with van der Waals surface area (Å²) in [5.74, 6) is -3.91. The van der Waals surface area contributed by atoms with Crippen LogP contribution in [-0.2, 0) is 33.4 Å². The molecule has 242 valence electrons. The van der Waals surface area contributed by atoms with Gasteiger partial charge in [0.25, 0.3) is 0 Å². The second-order valence-electron chi connectivity index (χ2n) is 12.1. The molecule has 0 aromatic heterocycles. The van der Waals surface area contributed by atoms with Gasteiger partial charge in [0.05, 0.1) is 30.3 Å². The van der Waals surface area contributed by atoms with Crippen LogP contribution in [-0.4, -0.2) is 69.2 Å². The molecule has 1 aliphatic heterocycles. The second kappa shape index (κ2) is 18.0. The molecule has 0 bridgehead atoms. The van der Waals surface area contributed by atoms with Crippen LogP contribution in [0.3, 0.4) is 0 Å². The summed E-state index contributed by atoms with van der Waals surface area (Å²) >= 11 is 0. The van der Waals surface area contributed by atoms with Crippen molar-refractivity contribution < 1.29 is 48.8 Å². The molecule has 1 heterocycles. The highest BCUT2D eigenvalue weighted by Crippen LogP contribution is 2.25. The molecular formula is C33H50O10. The van der Waals surface area contributed by atoms with E-state index in [0.29, 0.717) is 19.3 Å². The number of hydrogen-bond donors (Lipinski definition) is 3. The van der Waals surface area contributed by atoms with Crippen LogP contribution >= 0.6 is 0 Å². The van der Waals surface area contributed by atoms with Gasteiger partial charge in [-0.15, -0.1) is 0 Å². The molecule has 0 spiro atoms. The molecule has 10 nitrogen and oxygen atoms in total. The molecule has 1 rings (SSSR count). The average molecular weight is 628 g/mol. The Morgan fingerprint density at radius 3 is 2.07 bits per heavy atom. The number of Topliss-reactive ketones (excluding diaryl/α,β-unsaturated/α-hetero) is 1. The largest absolute Gasteiger partial charge is 0.462 e. The molecule has 0 aromatic carbocycles. The van der Waals surface area contributed by atoms with Gasteiger partial charge in [0.15, 0.2) is 5.78 Å². The van der Waals surface area contributed by atoms with E-state index in [9.17, 15) is 39.3 Å². The van der Waals surface area contributed by atoms with Crippen molar-refractivity contribution in [1.29, 1.82) is 0 Å². The Morgan fingerprint density at radius 1 is 0.907 bits per heavy atom. The third-order valence-corrected chi connectivity index (χ3v) is 8.30. The van der Waals surface area contributed by atoms with Gasteiger partial charge in [0.1, 0.15) is 11.9 Å². The Kier molecular flexibility index (Phi) is 15.9. The second-order valence-corrected chi connectivity index (χ2v) is 12.1. The molecular weight excluding hydrogens is 577 g/mol. The van der Waals surface area contributed by atoms with Crippen molar-refractivity contribution in [3.05, 3.63) is 35.5 Å². The van der Waals surface area contributed by atoms with E-state index in [2.05, 4.69) is 18.2 Å². The molecule has 0 saturated heterocycles. The Bertz CT molecular complexity index is 1090. The van der Waals surface area contributed by atoms with Crippen molar-refractivity contribution in [1.82, 2.24) is 0 Å². The summed E-state index contributed by atoms with van der Waals surface area (Å²) in [6.45, 7) is 15.8. The number of allylic oxidation sites excluding steroid dienone is 3. The van der Waals surface area contributed by atoms with E-state index in [1.165, 1.54) is 13.8 Å². The van der Waals surface area contributed by atoms with E-state index in [1.54, 1.807) is 26.0 Å². The van der Waals surface area contributed by atoms with E-state index in [4.69, 9.17) is 4.74 Å². The quantitative estimate of drug-likeness (QED) is 0.0592.